The van der Waals surface area contributed by atoms with Crippen molar-refractivity contribution >= 4 is 15.7 Å². The molecule has 0 aromatic carbocycles. The maximum absolute atomic E-state index is 11.6. The number of hydrogen-bond donors (Lipinski definition) is 2. The highest BCUT2D eigenvalue weighted by Crippen LogP contribution is 2.17. The van der Waals surface area contributed by atoms with Crippen molar-refractivity contribution in [3.05, 3.63) is 0 Å². The lowest BCUT2D eigenvalue weighted by atomic mass is 9.95. The molecule has 0 bridgehead atoms. The van der Waals surface area contributed by atoms with Gasteiger partial charge in [-0.05, 0) is 25.8 Å². The molecular formula is C12H24N2O3S. The Hall–Kier alpha value is -0.620. The normalized spacial score (nSPS) is 17.6. The first-order valence-corrected chi connectivity index (χ1v) is 8.50. The van der Waals surface area contributed by atoms with Gasteiger partial charge in [-0.25, -0.2) is 8.42 Å². The Morgan fingerprint density at radius 1 is 1.22 bits per heavy atom. The lowest BCUT2D eigenvalue weighted by Gasteiger charge is -2.22. The van der Waals surface area contributed by atoms with Crippen molar-refractivity contribution in [2.24, 2.45) is 0 Å². The first kappa shape index (κ1) is 15.4. The molecule has 0 aromatic rings. The van der Waals surface area contributed by atoms with E-state index in [1.807, 2.05) is 0 Å². The molecule has 1 fully saturated rings. The smallest absolute Gasteiger partial charge is 0.234 e. The summed E-state index contributed by atoms with van der Waals surface area (Å²) in [5, 5.41) is 5.73. The fourth-order valence-corrected chi connectivity index (χ4v) is 3.52. The summed E-state index contributed by atoms with van der Waals surface area (Å²) in [4.78, 5) is 11.0. The van der Waals surface area contributed by atoms with Gasteiger partial charge in [0.15, 0.2) is 9.84 Å². The second-order valence-electron chi connectivity index (χ2n) is 4.91. The predicted molar refractivity (Wildman–Crippen MR) is 72.2 cm³/mol. The van der Waals surface area contributed by atoms with Gasteiger partial charge in [-0.2, -0.15) is 0 Å². The summed E-state index contributed by atoms with van der Waals surface area (Å²) >= 11 is 0. The number of carbonyl (C=O) groups is 1. The van der Waals surface area contributed by atoms with E-state index in [-0.39, 0.29) is 5.75 Å². The van der Waals surface area contributed by atoms with Crippen molar-refractivity contribution in [1.82, 2.24) is 10.6 Å². The molecule has 1 aliphatic carbocycles. The van der Waals surface area contributed by atoms with Crippen molar-refractivity contribution in [3.63, 3.8) is 0 Å². The largest absolute Gasteiger partial charge is 0.358 e. The quantitative estimate of drug-likeness (QED) is 0.662. The van der Waals surface area contributed by atoms with E-state index in [1.165, 1.54) is 39.2 Å². The van der Waals surface area contributed by atoms with Gasteiger partial charge in [-0.3, -0.25) is 4.79 Å². The van der Waals surface area contributed by atoms with E-state index in [0.717, 1.165) is 6.54 Å². The topological polar surface area (TPSA) is 75.3 Å². The van der Waals surface area contributed by atoms with E-state index in [1.54, 1.807) is 0 Å². The van der Waals surface area contributed by atoms with Gasteiger partial charge in [-0.1, -0.05) is 19.3 Å². The number of amides is 1. The van der Waals surface area contributed by atoms with E-state index in [2.05, 4.69) is 10.6 Å². The van der Waals surface area contributed by atoms with Crippen molar-refractivity contribution < 1.29 is 13.2 Å². The molecule has 0 spiro atoms. The molecule has 2 N–H and O–H groups in total. The Bertz CT molecular complexity index is 348. The number of nitrogens with one attached hydrogen (secondary N) is 2. The van der Waals surface area contributed by atoms with Crippen molar-refractivity contribution in [1.29, 1.82) is 0 Å². The number of rotatable bonds is 7. The van der Waals surface area contributed by atoms with Crippen LogP contribution in [0.25, 0.3) is 0 Å². The van der Waals surface area contributed by atoms with Crippen LogP contribution in [-0.2, 0) is 14.6 Å². The average Bonchev–Trinajstić information content (AvgIpc) is 2.35. The van der Waals surface area contributed by atoms with Crippen molar-refractivity contribution in [2.75, 3.05) is 25.1 Å². The van der Waals surface area contributed by atoms with E-state index < -0.39 is 21.5 Å². The zero-order valence-electron chi connectivity index (χ0n) is 11.1. The Balaban J connectivity index is 2.14. The molecule has 1 amide bonds. The Morgan fingerprint density at radius 3 is 2.50 bits per heavy atom. The molecule has 0 saturated heterocycles. The monoisotopic (exact) mass is 276 g/mol. The van der Waals surface area contributed by atoms with Crippen LogP contribution in [0.3, 0.4) is 0 Å². The minimum atomic E-state index is -3.25. The minimum absolute atomic E-state index is 0.0835. The molecule has 0 heterocycles. The summed E-state index contributed by atoms with van der Waals surface area (Å²) in [7, 11) is -1.80. The number of carbonyl (C=O) groups excluding carboxylic acids is 1. The first-order valence-electron chi connectivity index (χ1n) is 6.68. The highest BCUT2D eigenvalue weighted by Gasteiger charge is 2.16. The van der Waals surface area contributed by atoms with Gasteiger partial charge >= 0.3 is 0 Å². The molecule has 6 heteroatoms. The van der Waals surface area contributed by atoms with E-state index in [0.29, 0.717) is 12.5 Å². The van der Waals surface area contributed by atoms with Crippen LogP contribution < -0.4 is 10.6 Å². The van der Waals surface area contributed by atoms with Crippen LogP contribution >= 0.6 is 0 Å². The molecule has 1 aliphatic rings. The van der Waals surface area contributed by atoms with Crippen LogP contribution in [0.2, 0.25) is 0 Å². The molecule has 1 saturated carbocycles. The van der Waals surface area contributed by atoms with Gasteiger partial charge in [0.25, 0.3) is 0 Å². The maximum atomic E-state index is 11.6. The molecule has 0 aromatic heterocycles. The second kappa shape index (κ2) is 7.74. The van der Waals surface area contributed by atoms with Gasteiger partial charge in [0, 0.05) is 13.1 Å². The van der Waals surface area contributed by atoms with Gasteiger partial charge in [-0.15, -0.1) is 0 Å². The maximum Gasteiger partial charge on any atom is 0.234 e. The molecule has 5 nitrogen and oxygen atoms in total. The van der Waals surface area contributed by atoms with Crippen LogP contribution in [0.4, 0.5) is 0 Å². The Morgan fingerprint density at radius 2 is 1.89 bits per heavy atom. The highest BCUT2D eigenvalue weighted by molar-refractivity contribution is 7.92. The van der Waals surface area contributed by atoms with Gasteiger partial charge in [0.1, 0.15) is 5.75 Å². The summed E-state index contributed by atoms with van der Waals surface area (Å²) in [6.07, 6.45) is 6.84. The lowest BCUT2D eigenvalue weighted by Crippen LogP contribution is -2.33. The summed E-state index contributed by atoms with van der Waals surface area (Å²) in [6.45, 7) is 0.720. The van der Waals surface area contributed by atoms with Crippen molar-refractivity contribution in [3.8, 4) is 0 Å². The SMILES string of the molecule is CNC(=O)CS(=O)(=O)CCCNC1CCCCC1. The van der Waals surface area contributed by atoms with Crippen LogP contribution in [-0.4, -0.2) is 45.5 Å². The summed E-state index contributed by atoms with van der Waals surface area (Å²) < 4.78 is 23.1. The Kier molecular flexibility index (Phi) is 6.63. The first-order chi connectivity index (χ1) is 8.53. The molecule has 1 rings (SSSR count). The standard InChI is InChI=1S/C12H24N2O3S/c1-13-12(15)10-18(16,17)9-5-8-14-11-6-3-2-4-7-11/h11,14H,2-10H2,1H3,(H,13,15). The molecule has 0 atom stereocenters. The number of hydrogen-bond acceptors (Lipinski definition) is 4. The molecular weight excluding hydrogens is 252 g/mol. The third kappa shape index (κ3) is 6.35. The number of sulfone groups is 1. The van der Waals surface area contributed by atoms with E-state index in [4.69, 9.17) is 0 Å². The summed E-state index contributed by atoms with van der Waals surface area (Å²) in [5.74, 6) is -0.747. The summed E-state index contributed by atoms with van der Waals surface area (Å²) in [5.41, 5.74) is 0. The van der Waals surface area contributed by atoms with Gasteiger partial charge in [0.05, 0.1) is 5.75 Å². The second-order valence-corrected chi connectivity index (χ2v) is 7.09. The predicted octanol–water partition coefficient (Wildman–Crippen LogP) is 0.460. The minimum Gasteiger partial charge on any atom is -0.358 e. The van der Waals surface area contributed by atoms with Crippen LogP contribution in [0.15, 0.2) is 0 Å². The summed E-state index contributed by atoms with van der Waals surface area (Å²) in [6, 6.07) is 0.556. The van der Waals surface area contributed by atoms with Gasteiger partial charge < -0.3 is 10.6 Å². The third-order valence-corrected chi connectivity index (χ3v) is 4.91. The fraction of sp³-hybridized carbons (Fsp3) is 0.917. The average molecular weight is 276 g/mol. The van der Waals surface area contributed by atoms with Crippen LogP contribution in [0.5, 0.6) is 0 Å². The fourth-order valence-electron chi connectivity index (χ4n) is 2.25. The van der Waals surface area contributed by atoms with Gasteiger partial charge in [0.2, 0.25) is 5.91 Å². The highest BCUT2D eigenvalue weighted by atomic mass is 32.2. The molecule has 106 valence electrons. The molecule has 0 aliphatic heterocycles. The third-order valence-electron chi connectivity index (χ3n) is 3.30. The van der Waals surface area contributed by atoms with Crippen molar-refractivity contribution in [2.45, 2.75) is 44.6 Å². The zero-order chi connectivity index (χ0) is 13.4. The van der Waals surface area contributed by atoms with E-state index in [9.17, 15) is 13.2 Å². The lowest BCUT2D eigenvalue weighted by molar-refractivity contribution is -0.118. The van der Waals surface area contributed by atoms with E-state index >= 15 is 0 Å². The molecule has 0 radical (unpaired) electrons. The molecule has 18 heavy (non-hydrogen) atoms. The van der Waals surface area contributed by atoms with Crippen LogP contribution in [0, 0.1) is 0 Å². The van der Waals surface area contributed by atoms with Crippen LogP contribution in [0.1, 0.15) is 38.5 Å². The Labute approximate surface area is 110 Å². The zero-order valence-corrected chi connectivity index (χ0v) is 11.9. The molecule has 0 unspecified atom stereocenters.